The molecule has 4 heteroatoms. The SMILES string of the molecule is O=C(O)CCCCc1c(F)cccc1F. The van der Waals surface area contributed by atoms with Crippen LogP contribution in [0.4, 0.5) is 8.78 Å². The number of carboxylic acids is 1. The molecule has 0 unspecified atom stereocenters. The van der Waals surface area contributed by atoms with Crippen molar-refractivity contribution in [3.05, 3.63) is 35.4 Å². The molecular formula is C11H12F2O2. The van der Waals surface area contributed by atoms with Crippen LogP contribution in [0.5, 0.6) is 0 Å². The fourth-order valence-corrected chi connectivity index (χ4v) is 1.35. The number of hydrogen-bond donors (Lipinski definition) is 1. The molecule has 0 spiro atoms. The number of aliphatic carboxylic acids is 1. The van der Waals surface area contributed by atoms with Crippen LogP contribution >= 0.6 is 0 Å². The molecule has 0 bridgehead atoms. The first-order valence-electron chi connectivity index (χ1n) is 4.76. The minimum absolute atomic E-state index is 0.0378. The Labute approximate surface area is 86.5 Å². The van der Waals surface area contributed by atoms with E-state index in [0.29, 0.717) is 12.8 Å². The molecule has 82 valence electrons. The van der Waals surface area contributed by atoms with Crippen molar-refractivity contribution in [2.75, 3.05) is 0 Å². The molecule has 0 saturated heterocycles. The van der Waals surface area contributed by atoms with Gasteiger partial charge in [0, 0.05) is 12.0 Å². The molecule has 0 fully saturated rings. The number of unbranched alkanes of at least 4 members (excludes halogenated alkanes) is 1. The number of carbonyl (C=O) groups is 1. The van der Waals surface area contributed by atoms with Crippen LogP contribution in [-0.2, 0) is 11.2 Å². The van der Waals surface area contributed by atoms with Gasteiger partial charge in [0.2, 0.25) is 0 Å². The van der Waals surface area contributed by atoms with E-state index in [0.717, 1.165) is 0 Å². The molecule has 0 aliphatic carbocycles. The Morgan fingerprint density at radius 1 is 1.20 bits per heavy atom. The summed E-state index contributed by atoms with van der Waals surface area (Å²) in [7, 11) is 0. The minimum atomic E-state index is -0.885. The zero-order chi connectivity index (χ0) is 11.3. The minimum Gasteiger partial charge on any atom is -0.481 e. The molecule has 0 heterocycles. The lowest BCUT2D eigenvalue weighted by atomic mass is 10.1. The van der Waals surface area contributed by atoms with E-state index in [1.165, 1.54) is 18.2 Å². The largest absolute Gasteiger partial charge is 0.481 e. The molecule has 0 atom stereocenters. The van der Waals surface area contributed by atoms with Crippen LogP contribution in [0.2, 0.25) is 0 Å². The van der Waals surface area contributed by atoms with Crippen molar-refractivity contribution >= 4 is 5.97 Å². The van der Waals surface area contributed by atoms with Crippen molar-refractivity contribution in [1.29, 1.82) is 0 Å². The average Bonchev–Trinajstić information content (AvgIpc) is 2.15. The third-order valence-corrected chi connectivity index (χ3v) is 2.13. The number of carboxylic acid groups (broad SMARTS) is 1. The summed E-state index contributed by atoms with van der Waals surface area (Å²) in [4.78, 5) is 10.2. The van der Waals surface area contributed by atoms with Crippen molar-refractivity contribution in [1.82, 2.24) is 0 Å². The molecule has 1 aromatic carbocycles. The molecule has 0 aliphatic heterocycles. The molecule has 0 saturated carbocycles. The molecule has 0 aliphatic rings. The maximum Gasteiger partial charge on any atom is 0.303 e. The quantitative estimate of drug-likeness (QED) is 0.765. The van der Waals surface area contributed by atoms with Gasteiger partial charge in [-0.3, -0.25) is 4.79 Å². The molecular weight excluding hydrogens is 202 g/mol. The second-order valence-corrected chi connectivity index (χ2v) is 3.30. The first-order valence-corrected chi connectivity index (χ1v) is 4.76. The summed E-state index contributed by atoms with van der Waals surface area (Å²) in [6.45, 7) is 0. The van der Waals surface area contributed by atoms with Crippen molar-refractivity contribution in [3.8, 4) is 0 Å². The van der Waals surface area contributed by atoms with Gasteiger partial charge in [-0.2, -0.15) is 0 Å². The summed E-state index contributed by atoms with van der Waals surface area (Å²) in [5.41, 5.74) is 0.0443. The predicted octanol–water partition coefficient (Wildman–Crippen LogP) is 2.76. The fraction of sp³-hybridized carbons (Fsp3) is 0.364. The Balaban J connectivity index is 2.47. The number of benzene rings is 1. The van der Waals surface area contributed by atoms with E-state index >= 15 is 0 Å². The van der Waals surface area contributed by atoms with Gasteiger partial charge in [-0.25, -0.2) is 8.78 Å². The van der Waals surface area contributed by atoms with Crippen LogP contribution in [0, 0.1) is 11.6 Å². The van der Waals surface area contributed by atoms with Gasteiger partial charge >= 0.3 is 5.97 Å². The summed E-state index contributed by atoms with van der Waals surface area (Å²) >= 11 is 0. The number of halogens is 2. The van der Waals surface area contributed by atoms with Gasteiger partial charge in [-0.15, -0.1) is 0 Å². The van der Waals surface area contributed by atoms with E-state index in [4.69, 9.17) is 5.11 Å². The van der Waals surface area contributed by atoms with E-state index in [1.807, 2.05) is 0 Å². The van der Waals surface area contributed by atoms with E-state index in [9.17, 15) is 13.6 Å². The van der Waals surface area contributed by atoms with Gasteiger partial charge in [-0.05, 0) is 31.4 Å². The topological polar surface area (TPSA) is 37.3 Å². The Morgan fingerprint density at radius 3 is 2.33 bits per heavy atom. The molecule has 1 rings (SSSR count). The maximum absolute atomic E-state index is 13.1. The van der Waals surface area contributed by atoms with Crippen molar-refractivity contribution in [2.45, 2.75) is 25.7 Å². The molecule has 0 aromatic heterocycles. The third-order valence-electron chi connectivity index (χ3n) is 2.13. The highest BCUT2D eigenvalue weighted by molar-refractivity contribution is 5.66. The van der Waals surface area contributed by atoms with Gasteiger partial charge in [0.1, 0.15) is 11.6 Å². The first-order chi connectivity index (χ1) is 7.11. The molecule has 2 nitrogen and oxygen atoms in total. The molecule has 1 aromatic rings. The zero-order valence-electron chi connectivity index (χ0n) is 8.17. The molecule has 0 amide bonds. The Hall–Kier alpha value is -1.45. The summed E-state index contributed by atoms with van der Waals surface area (Å²) in [5.74, 6) is -2.01. The van der Waals surface area contributed by atoms with E-state index in [-0.39, 0.29) is 18.4 Å². The van der Waals surface area contributed by atoms with E-state index in [2.05, 4.69) is 0 Å². The van der Waals surface area contributed by atoms with Gasteiger partial charge in [0.05, 0.1) is 0 Å². The Morgan fingerprint density at radius 2 is 1.80 bits per heavy atom. The van der Waals surface area contributed by atoms with Crippen LogP contribution in [0.3, 0.4) is 0 Å². The zero-order valence-corrected chi connectivity index (χ0v) is 8.17. The van der Waals surface area contributed by atoms with Crippen molar-refractivity contribution in [3.63, 3.8) is 0 Å². The van der Waals surface area contributed by atoms with Crippen molar-refractivity contribution in [2.24, 2.45) is 0 Å². The molecule has 15 heavy (non-hydrogen) atoms. The van der Waals surface area contributed by atoms with E-state index in [1.54, 1.807) is 0 Å². The standard InChI is InChI=1S/C11H12F2O2/c12-9-5-3-6-10(13)8(9)4-1-2-7-11(14)15/h3,5-6H,1-2,4,7H2,(H,14,15). The smallest absolute Gasteiger partial charge is 0.303 e. The number of hydrogen-bond acceptors (Lipinski definition) is 1. The van der Waals surface area contributed by atoms with Crippen LogP contribution in [0.1, 0.15) is 24.8 Å². The monoisotopic (exact) mass is 214 g/mol. The number of rotatable bonds is 5. The normalized spacial score (nSPS) is 10.3. The first kappa shape index (κ1) is 11.6. The highest BCUT2D eigenvalue weighted by Crippen LogP contribution is 2.15. The second-order valence-electron chi connectivity index (χ2n) is 3.30. The summed E-state index contributed by atoms with van der Waals surface area (Å²) in [5, 5.41) is 8.37. The lowest BCUT2D eigenvalue weighted by molar-refractivity contribution is -0.137. The lowest BCUT2D eigenvalue weighted by Crippen LogP contribution is -1.98. The Kier molecular flexibility index (Phi) is 4.21. The van der Waals surface area contributed by atoms with Crippen LogP contribution < -0.4 is 0 Å². The van der Waals surface area contributed by atoms with E-state index < -0.39 is 17.6 Å². The fourth-order valence-electron chi connectivity index (χ4n) is 1.35. The summed E-state index contributed by atoms with van der Waals surface area (Å²) < 4.78 is 26.2. The highest BCUT2D eigenvalue weighted by atomic mass is 19.1. The van der Waals surface area contributed by atoms with Gasteiger partial charge in [0.25, 0.3) is 0 Å². The maximum atomic E-state index is 13.1. The Bertz CT molecular complexity index is 330. The van der Waals surface area contributed by atoms with Gasteiger partial charge in [-0.1, -0.05) is 6.07 Å². The van der Waals surface area contributed by atoms with Gasteiger partial charge < -0.3 is 5.11 Å². The predicted molar refractivity (Wildman–Crippen MR) is 51.5 cm³/mol. The van der Waals surface area contributed by atoms with Crippen molar-refractivity contribution < 1.29 is 18.7 Å². The molecule has 1 N–H and O–H groups in total. The van der Waals surface area contributed by atoms with Crippen LogP contribution in [0.15, 0.2) is 18.2 Å². The van der Waals surface area contributed by atoms with Crippen LogP contribution in [0.25, 0.3) is 0 Å². The lowest BCUT2D eigenvalue weighted by Gasteiger charge is -2.03. The average molecular weight is 214 g/mol. The highest BCUT2D eigenvalue weighted by Gasteiger charge is 2.07. The molecule has 0 radical (unpaired) electrons. The second kappa shape index (κ2) is 5.44. The third kappa shape index (κ3) is 3.65. The summed E-state index contributed by atoms with van der Waals surface area (Å²) in [6.07, 6.45) is 1.19. The van der Waals surface area contributed by atoms with Crippen LogP contribution in [-0.4, -0.2) is 11.1 Å². The van der Waals surface area contributed by atoms with Gasteiger partial charge in [0.15, 0.2) is 0 Å². The summed E-state index contributed by atoms with van der Waals surface area (Å²) in [6, 6.07) is 3.72.